The van der Waals surface area contributed by atoms with Crippen molar-refractivity contribution in [1.29, 1.82) is 0 Å². The number of nitrogens with one attached hydrogen (secondary N) is 1. The van der Waals surface area contributed by atoms with Gasteiger partial charge in [-0.1, -0.05) is 13.0 Å². The molecule has 1 N–H and O–H groups in total. The predicted molar refractivity (Wildman–Crippen MR) is 77.6 cm³/mol. The summed E-state index contributed by atoms with van der Waals surface area (Å²) in [6, 6.07) is 12.5. The summed E-state index contributed by atoms with van der Waals surface area (Å²) in [6.07, 6.45) is 0.974. The molecule has 0 aliphatic rings. The zero-order chi connectivity index (χ0) is 14.1. The largest absolute Gasteiger partial charge is 0.338 e. The van der Waals surface area contributed by atoms with Crippen LogP contribution in [0.4, 0.5) is 5.69 Å². The Hall–Kier alpha value is -2.69. The fourth-order valence-corrected chi connectivity index (χ4v) is 2.15. The van der Waals surface area contributed by atoms with Crippen LogP contribution in [-0.2, 0) is 6.42 Å². The number of benzene rings is 2. The Bertz CT molecular complexity index is 775. The van der Waals surface area contributed by atoms with E-state index in [1.165, 1.54) is 17.7 Å². The first-order chi connectivity index (χ1) is 9.67. The highest BCUT2D eigenvalue weighted by molar-refractivity contribution is 5.80. The number of aromatic amines is 1. The van der Waals surface area contributed by atoms with Gasteiger partial charge in [0.25, 0.3) is 5.69 Å². The van der Waals surface area contributed by atoms with Gasteiger partial charge in [-0.3, -0.25) is 10.1 Å². The van der Waals surface area contributed by atoms with E-state index in [4.69, 9.17) is 0 Å². The molecule has 0 unspecified atom stereocenters. The molecule has 0 atom stereocenters. The summed E-state index contributed by atoms with van der Waals surface area (Å²) < 4.78 is 0. The van der Waals surface area contributed by atoms with Gasteiger partial charge >= 0.3 is 0 Å². The molecule has 0 spiro atoms. The van der Waals surface area contributed by atoms with Crippen molar-refractivity contribution in [1.82, 2.24) is 9.97 Å². The van der Waals surface area contributed by atoms with Gasteiger partial charge in [0.1, 0.15) is 5.82 Å². The van der Waals surface area contributed by atoms with E-state index in [0.717, 1.165) is 28.8 Å². The molecular formula is C15H13N3O2. The standard InChI is InChI=1S/C15H13N3O2/c1-2-10-3-8-13-14(9-10)17-15(16-13)11-4-6-12(7-5-11)18(19)20/h3-9H,2H2,1H3,(H,16,17). The van der Waals surface area contributed by atoms with Crippen LogP contribution in [0.15, 0.2) is 42.5 Å². The molecule has 0 bridgehead atoms. The molecule has 5 heteroatoms. The maximum atomic E-state index is 10.6. The van der Waals surface area contributed by atoms with Gasteiger partial charge in [0.2, 0.25) is 0 Å². The molecule has 1 aromatic heterocycles. The van der Waals surface area contributed by atoms with Gasteiger partial charge in [-0.2, -0.15) is 0 Å². The molecule has 3 rings (SSSR count). The molecule has 3 aromatic rings. The van der Waals surface area contributed by atoms with E-state index < -0.39 is 4.92 Å². The highest BCUT2D eigenvalue weighted by Gasteiger charge is 2.08. The first kappa shape index (κ1) is 12.3. The van der Waals surface area contributed by atoms with Gasteiger partial charge in [0.15, 0.2) is 0 Å². The SMILES string of the molecule is CCc1ccc2nc(-c3ccc([N+](=O)[O-])cc3)[nH]c2c1. The van der Waals surface area contributed by atoms with Crippen molar-refractivity contribution in [3.8, 4) is 11.4 Å². The normalized spacial score (nSPS) is 10.8. The van der Waals surface area contributed by atoms with Crippen LogP contribution in [0.5, 0.6) is 0 Å². The minimum atomic E-state index is -0.407. The second-order valence-corrected chi connectivity index (χ2v) is 4.59. The van der Waals surface area contributed by atoms with Crippen molar-refractivity contribution in [3.05, 3.63) is 58.1 Å². The summed E-state index contributed by atoms with van der Waals surface area (Å²) in [4.78, 5) is 18.0. The molecule has 0 fully saturated rings. The lowest BCUT2D eigenvalue weighted by atomic mass is 10.1. The fourth-order valence-electron chi connectivity index (χ4n) is 2.15. The molecule has 20 heavy (non-hydrogen) atoms. The number of aromatic nitrogens is 2. The van der Waals surface area contributed by atoms with Gasteiger partial charge in [-0.05, 0) is 36.2 Å². The lowest BCUT2D eigenvalue weighted by molar-refractivity contribution is -0.384. The number of H-pyrrole nitrogens is 1. The quantitative estimate of drug-likeness (QED) is 0.581. The van der Waals surface area contributed by atoms with Crippen LogP contribution in [0.25, 0.3) is 22.4 Å². The Morgan fingerprint density at radius 3 is 2.60 bits per heavy atom. The molecule has 0 saturated carbocycles. The lowest BCUT2D eigenvalue weighted by Gasteiger charge is -1.96. The molecule has 0 saturated heterocycles. The number of aryl methyl sites for hydroxylation is 1. The molecular weight excluding hydrogens is 254 g/mol. The Morgan fingerprint density at radius 1 is 1.20 bits per heavy atom. The highest BCUT2D eigenvalue weighted by Crippen LogP contribution is 2.23. The lowest BCUT2D eigenvalue weighted by Crippen LogP contribution is -1.87. The number of rotatable bonds is 3. The summed E-state index contributed by atoms with van der Waals surface area (Å²) in [6.45, 7) is 2.11. The summed E-state index contributed by atoms with van der Waals surface area (Å²) in [7, 11) is 0. The number of fused-ring (bicyclic) bond motifs is 1. The molecule has 2 aromatic carbocycles. The Balaban J connectivity index is 2.03. The third kappa shape index (κ3) is 2.14. The second-order valence-electron chi connectivity index (χ2n) is 4.59. The van der Waals surface area contributed by atoms with Crippen molar-refractivity contribution in [2.24, 2.45) is 0 Å². The van der Waals surface area contributed by atoms with Crippen LogP contribution in [0, 0.1) is 10.1 Å². The first-order valence-electron chi connectivity index (χ1n) is 6.41. The smallest absolute Gasteiger partial charge is 0.269 e. The number of nitro groups is 1. The topological polar surface area (TPSA) is 71.8 Å². The van der Waals surface area contributed by atoms with E-state index in [0.29, 0.717) is 0 Å². The zero-order valence-corrected chi connectivity index (χ0v) is 11.0. The van der Waals surface area contributed by atoms with E-state index in [2.05, 4.69) is 29.0 Å². The van der Waals surface area contributed by atoms with E-state index in [-0.39, 0.29) is 5.69 Å². The van der Waals surface area contributed by atoms with Crippen LogP contribution < -0.4 is 0 Å². The van der Waals surface area contributed by atoms with Crippen LogP contribution in [0.3, 0.4) is 0 Å². The Morgan fingerprint density at radius 2 is 1.95 bits per heavy atom. The minimum Gasteiger partial charge on any atom is -0.338 e. The Labute approximate surface area is 115 Å². The number of nitrogens with zero attached hydrogens (tertiary/aromatic N) is 2. The number of non-ortho nitro benzene ring substituents is 1. The van der Waals surface area contributed by atoms with Crippen molar-refractivity contribution < 1.29 is 4.92 Å². The van der Waals surface area contributed by atoms with Crippen LogP contribution in [0.1, 0.15) is 12.5 Å². The van der Waals surface area contributed by atoms with Crippen LogP contribution in [-0.4, -0.2) is 14.9 Å². The van der Waals surface area contributed by atoms with E-state index in [9.17, 15) is 10.1 Å². The maximum absolute atomic E-state index is 10.6. The van der Waals surface area contributed by atoms with Gasteiger partial charge in [0, 0.05) is 17.7 Å². The van der Waals surface area contributed by atoms with Gasteiger partial charge in [-0.15, -0.1) is 0 Å². The number of imidazole rings is 1. The second kappa shape index (κ2) is 4.77. The van der Waals surface area contributed by atoms with E-state index >= 15 is 0 Å². The van der Waals surface area contributed by atoms with Crippen molar-refractivity contribution in [3.63, 3.8) is 0 Å². The molecule has 100 valence electrons. The zero-order valence-electron chi connectivity index (χ0n) is 11.0. The highest BCUT2D eigenvalue weighted by atomic mass is 16.6. The average Bonchev–Trinajstić information content (AvgIpc) is 2.90. The third-order valence-electron chi connectivity index (χ3n) is 3.31. The van der Waals surface area contributed by atoms with Crippen molar-refractivity contribution in [2.45, 2.75) is 13.3 Å². The van der Waals surface area contributed by atoms with Crippen molar-refractivity contribution >= 4 is 16.7 Å². The number of hydrogen-bond acceptors (Lipinski definition) is 3. The minimum absolute atomic E-state index is 0.0816. The number of nitro benzene ring substituents is 1. The van der Waals surface area contributed by atoms with Crippen LogP contribution in [0.2, 0.25) is 0 Å². The van der Waals surface area contributed by atoms with Crippen LogP contribution >= 0.6 is 0 Å². The molecule has 0 aliphatic heterocycles. The van der Waals surface area contributed by atoms with Crippen molar-refractivity contribution in [2.75, 3.05) is 0 Å². The third-order valence-corrected chi connectivity index (χ3v) is 3.31. The molecule has 0 amide bonds. The summed E-state index contributed by atoms with van der Waals surface area (Å²) >= 11 is 0. The predicted octanol–water partition coefficient (Wildman–Crippen LogP) is 3.70. The van der Waals surface area contributed by atoms with Gasteiger partial charge < -0.3 is 4.98 Å². The average molecular weight is 267 g/mol. The fraction of sp³-hybridized carbons (Fsp3) is 0.133. The van der Waals surface area contributed by atoms with Gasteiger partial charge in [0.05, 0.1) is 16.0 Å². The molecule has 1 heterocycles. The first-order valence-corrected chi connectivity index (χ1v) is 6.41. The molecule has 5 nitrogen and oxygen atoms in total. The number of hydrogen-bond donors (Lipinski definition) is 1. The van der Waals surface area contributed by atoms with E-state index in [1.807, 2.05) is 6.07 Å². The summed E-state index contributed by atoms with van der Waals surface area (Å²) in [5, 5.41) is 10.6. The summed E-state index contributed by atoms with van der Waals surface area (Å²) in [5.74, 6) is 0.725. The summed E-state index contributed by atoms with van der Waals surface area (Å²) in [5.41, 5.74) is 4.05. The van der Waals surface area contributed by atoms with E-state index in [1.54, 1.807) is 12.1 Å². The molecule has 0 aliphatic carbocycles. The monoisotopic (exact) mass is 267 g/mol. The maximum Gasteiger partial charge on any atom is 0.269 e. The van der Waals surface area contributed by atoms with Gasteiger partial charge in [-0.25, -0.2) is 4.98 Å². The molecule has 0 radical (unpaired) electrons. The Kier molecular flexibility index (Phi) is 2.95.